The number of carbonyl (C=O) groups is 1. The van der Waals surface area contributed by atoms with Crippen LogP contribution in [-0.2, 0) is 27.7 Å². The first-order valence-corrected chi connectivity index (χ1v) is 13.4. The van der Waals surface area contributed by atoms with Crippen molar-refractivity contribution in [1.82, 2.24) is 9.97 Å². The Balaban J connectivity index is 1.23. The van der Waals surface area contributed by atoms with E-state index in [1.165, 1.54) is 12.1 Å². The summed E-state index contributed by atoms with van der Waals surface area (Å²) in [6.07, 6.45) is 2.62. The van der Waals surface area contributed by atoms with Crippen molar-refractivity contribution in [2.24, 2.45) is 0 Å². The van der Waals surface area contributed by atoms with Crippen LogP contribution < -0.4 is 20.7 Å². The number of halogens is 1. The van der Waals surface area contributed by atoms with Gasteiger partial charge >= 0.3 is 0 Å². The van der Waals surface area contributed by atoms with Crippen LogP contribution in [0.25, 0.3) is 11.3 Å². The van der Waals surface area contributed by atoms with E-state index >= 15 is 0 Å². The number of nitrogens with zero attached hydrogens (tertiary/aromatic N) is 2. The highest BCUT2D eigenvalue weighted by atomic mass is 35.5. The minimum absolute atomic E-state index is 0.134. The number of amides is 1. The Kier molecular flexibility index (Phi) is 5.69. The molecule has 0 atom stereocenters. The number of hydrogen-bond donors (Lipinski definition) is 4. The van der Waals surface area contributed by atoms with Gasteiger partial charge in [0.2, 0.25) is 11.9 Å². The lowest BCUT2D eigenvalue weighted by atomic mass is 10.1. The average molecular weight is 533 g/mol. The Morgan fingerprint density at radius 2 is 1.73 bits per heavy atom. The highest BCUT2D eigenvalue weighted by Gasteiger charge is 2.22. The second-order valence-electron chi connectivity index (χ2n) is 8.79. The van der Waals surface area contributed by atoms with Crippen LogP contribution >= 0.6 is 11.6 Å². The molecular formula is C26H21ClN6O3S. The van der Waals surface area contributed by atoms with Crippen molar-refractivity contribution in [1.29, 1.82) is 0 Å². The van der Waals surface area contributed by atoms with Gasteiger partial charge in [0.15, 0.2) is 0 Å². The molecule has 0 radical (unpaired) electrons. The van der Waals surface area contributed by atoms with Crippen LogP contribution in [0, 0.1) is 0 Å². The fraction of sp³-hybridized carbons (Fsp3) is 0.115. The average Bonchev–Trinajstić information content (AvgIpc) is 3.28. The zero-order chi connectivity index (χ0) is 25.6. The molecule has 4 N–H and O–H groups in total. The zero-order valence-corrected chi connectivity index (χ0v) is 20.9. The van der Waals surface area contributed by atoms with E-state index in [2.05, 4.69) is 30.6 Å². The van der Waals surface area contributed by atoms with Crippen LogP contribution in [0.4, 0.5) is 28.7 Å². The van der Waals surface area contributed by atoms with Gasteiger partial charge in [0, 0.05) is 46.0 Å². The van der Waals surface area contributed by atoms with Crippen molar-refractivity contribution in [3.8, 4) is 11.3 Å². The summed E-state index contributed by atoms with van der Waals surface area (Å²) in [5.41, 5.74) is 5.90. The van der Waals surface area contributed by atoms with Gasteiger partial charge in [-0.3, -0.25) is 9.52 Å². The van der Waals surface area contributed by atoms with Crippen LogP contribution in [-0.4, -0.2) is 30.8 Å². The third kappa shape index (κ3) is 4.68. The topological polar surface area (TPSA) is 125 Å². The van der Waals surface area contributed by atoms with Gasteiger partial charge in [-0.05, 0) is 72.6 Å². The molecule has 3 heterocycles. The maximum atomic E-state index is 12.9. The third-order valence-electron chi connectivity index (χ3n) is 6.21. The van der Waals surface area contributed by atoms with E-state index in [-0.39, 0.29) is 17.2 Å². The molecule has 2 aliphatic heterocycles. The van der Waals surface area contributed by atoms with Gasteiger partial charge in [-0.15, -0.1) is 0 Å². The Morgan fingerprint density at radius 3 is 2.57 bits per heavy atom. The lowest BCUT2D eigenvalue weighted by Gasteiger charge is -2.12. The van der Waals surface area contributed by atoms with Gasteiger partial charge in [0.05, 0.1) is 22.7 Å². The van der Waals surface area contributed by atoms with Gasteiger partial charge in [0.25, 0.3) is 10.0 Å². The van der Waals surface area contributed by atoms with E-state index in [0.29, 0.717) is 39.3 Å². The molecule has 0 saturated heterocycles. The van der Waals surface area contributed by atoms with E-state index in [1.54, 1.807) is 36.5 Å². The number of rotatable bonds is 5. The summed E-state index contributed by atoms with van der Waals surface area (Å²) in [5, 5.41) is 9.73. The molecule has 186 valence electrons. The molecule has 37 heavy (non-hydrogen) atoms. The molecule has 0 unspecified atom stereocenters. The number of hydrogen-bond acceptors (Lipinski definition) is 7. The SMILES string of the molecule is O=C1Cc2cnc(Nc3ccc(S(=O)(=O)Nc4ccc5c(c4)CCN5)cc3)nc2-c2ccc(Cl)cc2N1. The van der Waals surface area contributed by atoms with E-state index in [0.717, 1.165) is 29.8 Å². The van der Waals surface area contributed by atoms with Gasteiger partial charge < -0.3 is 16.0 Å². The highest BCUT2D eigenvalue weighted by molar-refractivity contribution is 7.92. The maximum absolute atomic E-state index is 12.9. The van der Waals surface area contributed by atoms with Gasteiger partial charge in [-0.1, -0.05) is 11.6 Å². The maximum Gasteiger partial charge on any atom is 0.261 e. The van der Waals surface area contributed by atoms with Crippen molar-refractivity contribution < 1.29 is 13.2 Å². The summed E-state index contributed by atoms with van der Waals surface area (Å²) in [6.45, 7) is 0.851. The summed E-state index contributed by atoms with van der Waals surface area (Å²) in [7, 11) is -3.76. The molecule has 2 aliphatic rings. The monoisotopic (exact) mass is 532 g/mol. The largest absolute Gasteiger partial charge is 0.384 e. The van der Waals surface area contributed by atoms with Gasteiger partial charge in [-0.25, -0.2) is 18.4 Å². The minimum Gasteiger partial charge on any atom is -0.384 e. The van der Waals surface area contributed by atoms with Gasteiger partial charge in [-0.2, -0.15) is 0 Å². The summed E-state index contributed by atoms with van der Waals surface area (Å²) in [5.74, 6) is 0.142. The Labute approximate surface area is 218 Å². The molecule has 1 aromatic heterocycles. The number of anilines is 5. The molecule has 0 saturated carbocycles. The van der Waals surface area contributed by atoms with Crippen molar-refractivity contribution in [3.05, 3.63) is 83.0 Å². The minimum atomic E-state index is -3.76. The van der Waals surface area contributed by atoms with E-state index in [4.69, 9.17) is 11.6 Å². The fourth-order valence-corrected chi connectivity index (χ4v) is 5.67. The van der Waals surface area contributed by atoms with Crippen molar-refractivity contribution >= 4 is 56.2 Å². The number of sulfonamides is 1. The van der Waals surface area contributed by atoms with Crippen molar-refractivity contribution in [2.45, 2.75) is 17.7 Å². The van der Waals surface area contributed by atoms with E-state index < -0.39 is 10.0 Å². The Hall–Kier alpha value is -4.15. The quantitative estimate of drug-likeness (QED) is 0.291. The first kappa shape index (κ1) is 23.3. The van der Waals surface area contributed by atoms with Crippen LogP contribution in [0.1, 0.15) is 11.1 Å². The van der Waals surface area contributed by atoms with Crippen LogP contribution in [0.5, 0.6) is 0 Å². The van der Waals surface area contributed by atoms with Crippen molar-refractivity contribution in [3.63, 3.8) is 0 Å². The molecule has 0 bridgehead atoms. The molecule has 0 spiro atoms. The third-order valence-corrected chi connectivity index (χ3v) is 7.85. The predicted molar refractivity (Wildman–Crippen MR) is 144 cm³/mol. The van der Waals surface area contributed by atoms with Crippen LogP contribution in [0.3, 0.4) is 0 Å². The summed E-state index contributed by atoms with van der Waals surface area (Å²) >= 11 is 6.11. The molecule has 1 amide bonds. The molecule has 3 aromatic carbocycles. The second-order valence-corrected chi connectivity index (χ2v) is 10.9. The zero-order valence-electron chi connectivity index (χ0n) is 19.4. The first-order chi connectivity index (χ1) is 17.8. The summed E-state index contributed by atoms with van der Waals surface area (Å²) in [6, 6.07) is 17.0. The Bertz CT molecular complexity index is 1660. The molecule has 11 heteroatoms. The fourth-order valence-electron chi connectivity index (χ4n) is 4.45. The lowest BCUT2D eigenvalue weighted by Crippen LogP contribution is -2.13. The molecule has 6 rings (SSSR count). The van der Waals surface area contributed by atoms with Crippen LogP contribution in [0.15, 0.2) is 71.8 Å². The van der Waals surface area contributed by atoms with Crippen molar-refractivity contribution in [2.75, 3.05) is 27.2 Å². The number of carbonyl (C=O) groups excluding carboxylic acids is 1. The molecule has 0 fully saturated rings. The molecule has 9 nitrogen and oxygen atoms in total. The summed E-state index contributed by atoms with van der Waals surface area (Å²) < 4.78 is 28.5. The number of aromatic nitrogens is 2. The lowest BCUT2D eigenvalue weighted by molar-refractivity contribution is -0.115. The molecule has 0 aliphatic carbocycles. The summed E-state index contributed by atoms with van der Waals surface area (Å²) in [4.78, 5) is 21.4. The normalized spacial score (nSPS) is 13.9. The standard InChI is InChI=1S/C26H21ClN6O3S/c27-17-1-7-21-23(13-17)31-24(34)12-16-14-29-26(32-25(16)21)30-18-2-5-20(6-3-18)37(35,36)33-19-4-8-22-15(11-19)9-10-28-22/h1-8,11,13-14,28,33H,9-10,12H2,(H,31,34)(H,29,30,32). The van der Waals surface area contributed by atoms with Gasteiger partial charge in [0.1, 0.15) is 0 Å². The smallest absolute Gasteiger partial charge is 0.261 e. The predicted octanol–water partition coefficient (Wildman–Crippen LogP) is 4.80. The molecular weight excluding hydrogens is 512 g/mol. The second kappa shape index (κ2) is 9.06. The van der Waals surface area contributed by atoms with Crippen LogP contribution in [0.2, 0.25) is 5.02 Å². The van der Waals surface area contributed by atoms with E-state index in [1.807, 2.05) is 18.2 Å². The highest BCUT2D eigenvalue weighted by Crippen LogP contribution is 2.35. The number of nitrogens with one attached hydrogen (secondary N) is 4. The number of fused-ring (bicyclic) bond motifs is 4. The Morgan fingerprint density at radius 1 is 0.919 bits per heavy atom. The first-order valence-electron chi connectivity index (χ1n) is 11.6. The van der Waals surface area contributed by atoms with E-state index in [9.17, 15) is 13.2 Å². The number of benzene rings is 3. The molecule has 4 aromatic rings.